The van der Waals surface area contributed by atoms with Crippen LogP contribution in [-0.2, 0) is 28.5 Å². The third-order valence-corrected chi connectivity index (χ3v) is 4.74. The predicted octanol–water partition coefficient (Wildman–Crippen LogP) is 2.14. The van der Waals surface area contributed by atoms with Crippen LogP contribution in [0.3, 0.4) is 0 Å². The zero-order chi connectivity index (χ0) is 17.4. The number of hydrogen-bond acceptors (Lipinski definition) is 6. The Labute approximate surface area is 146 Å². The first-order valence-corrected chi connectivity index (χ1v) is 8.65. The van der Waals surface area contributed by atoms with E-state index in [1.54, 1.807) is 6.92 Å². The molecule has 3 heterocycles. The number of carbonyl (C=O) groups is 1. The summed E-state index contributed by atoms with van der Waals surface area (Å²) in [5.41, 5.74) is 1.38. The molecule has 3 saturated heterocycles. The second-order valence-corrected chi connectivity index (χ2v) is 6.48. The molecule has 0 unspecified atom stereocenters. The van der Waals surface area contributed by atoms with Gasteiger partial charge in [0.15, 0.2) is 6.29 Å². The van der Waals surface area contributed by atoms with Crippen molar-refractivity contribution in [3.05, 3.63) is 48.0 Å². The number of carbonyl (C=O) groups excluding carboxylic acids is 1. The summed E-state index contributed by atoms with van der Waals surface area (Å²) in [7, 11) is 0. The quantitative estimate of drug-likeness (QED) is 0.462. The summed E-state index contributed by atoms with van der Waals surface area (Å²) >= 11 is 0. The Bertz CT molecular complexity index is 645. The predicted molar refractivity (Wildman–Crippen MR) is 87.7 cm³/mol. The average molecular weight is 346 g/mol. The SMILES string of the molecule is C=C(C[C@H]1O[C@@H]2CO[C@@H](c3ccccc3)O[C@H]2[C@H]2O[C@H]21)C(=O)OCC. The van der Waals surface area contributed by atoms with E-state index in [4.69, 9.17) is 23.7 Å². The van der Waals surface area contributed by atoms with E-state index in [0.717, 1.165) is 5.56 Å². The van der Waals surface area contributed by atoms with E-state index in [-0.39, 0.29) is 36.5 Å². The van der Waals surface area contributed by atoms with E-state index in [1.807, 2.05) is 30.3 Å². The van der Waals surface area contributed by atoms with Gasteiger partial charge in [0.1, 0.15) is 24.4 Å². The number of ether oxygens (including phenoxy) is 5. The highest BCUT2D eigenvalue weighted by Crippen LogP contribution is 2.44. The maximum atomic E-state index is 11.8. The van der Waals surface area contributed by atoms with E-state index in [0.29, 0.717) is 25.2 Å². The van der Waals surface area contributed by atoms with Gasteiger partial charge < -0.3 is 23.7 Å². The van der Waals surface area contributed by atoms with Crippen LogP contribution in [0.1, 0.15) is 25.2 Å². The standard InChI is InChI=1S/C19H22O6/c1-3-21-18(20)11(2)9-13-15-17(24-15)16-14(23-13)10-22-19(25-16)12-7-5-4-6-8-12/h4-8,13-17,19H,2-3,9-10H2,1H3/t13-,14-,15+,16-,17+,19-/m1/s1. The Balaban J connectivity index is 1.37. The van der Waals surface area contributed by atoms with E-state index in [9.17, 15) is 4.79 Å². The summed E-state index contributed by atoms with van der Waals surface area (Å²) in [4.78, 5) is 11.8. The third-order valence-electron chi connectivity index (χ3n) is 4.74. The van der Waals surface area contributed by atoms with E-state index >= 15 is 0 Å². The second kappa shape index (κ2) is 6.88. The van der Waals surface area contributed by atoms with E-state index in [1.165, 1.54) is 0 Å². The molecule has 3 aliphatic rings. The molecule has 0 bridgehead atoms. The molecule has 6 atom stereocenters. The number of hydrogen-bond donors (Lipinski definition) is 0. The van der Waals surface area contributed by atoms with Gasteiger partial charge in [-0.3, -0.25) is 0 Å². The summed E-state index contributed by atoms with van der Waals surface area (Å²) in [5, 5.41) is 0. The van der Waals surface area contributed by atoms with Crippen LogP contribution in [0, 0.1) is 0 Å². The first-order chi connectivity index (χ1) is 12.2. The molecule has 6 nitrogen and oxygen atoms in total. The Morgan fingerprint density at radius 3 is 2.72 bits per heavy atom. The summed E-state index contributed by atoms with van der Waals surface area (Å²) < 4.78 is 28.8. The van der Waals surface area contributed by atoms with Gasteiger partial charge in [0.05, 0.1) is 19.3 Å². The molecule has 0 radical (unpaired) electrons. The summed E-state index contributed by atoms with van der Waals surface area (Å²) in [6.07, 6.45) is -0.674. The molecule has 3 fully saturated rings. The fraction of sp³-hybridized carbons (Fsp3) is 0.526. The molecule has 3 aliphatic heterocycles. The van der Waals surface area contributed by atoms with Crippen LogP contribution in [0.5, 0.6) is 0 Å². The average Bonchev–Trinajstić information content (AvgIpc) is 3.44. The first kappa shape index (κ1) is 16.7. The molecule has 0 aromatic heterocycles. The maximum Gasteiger partial charge on any atom is 0.333 e. The molecule has 0 N–H and O–H groups in total. The van der Waals surface area contributed by atoms with Crippen molar-refractivity contribution >= 4 is 5.97 Å². The normalized spacial score (nSPS) is 36.0. The van der Waals surface area contributed by atoms with Crippen molar-refractivity contribution in [2.24, 2.45) is 0 Å². The van der Waals surface area contributed by atoms with Gasteiger partial charge in [-0.05, 0) is 6.92 Å². The molecule has 4 rings (SSSR count). The number of esters is 1. The van der Waals surface area contributed by atoms with Crippen molar-refractivity contribution in [3.8, 4) is 0 Å². The monoisotopic (exact) mass is 346 g/mol. The molecule has 0 amide bonds. The molecular formula is C19H22O6. The number of rotatable bonds is 5. The highest BCUT2D eigenvalue weighted by molar-refractivity contribution is 5.87. The smallest absolute Gasteiger partial charge is 0.333 e. The van der Waals surface area contributed by atoms with Crippen LogP contribution < -0.4 is 0 Å². The third kappa shape index (κ3) is 3.35. The molecule has 0 spiro atoms. The maximum absolute atomic E-state index is 11.8. The van der Waals surface area contributed by atoms with Crippen LogP contribution in [0.2, 0.25) is 0 Å². The van der Waals surface area contributed by atoms with Crippen molar-refractivity contribution in [1.29, 1.82) is 0 Å². The first-order valence-electron chi connectivity index (χ1n) is 8.65. The highest BCUT2D eigenvalue weighted by Gasteiger charge is 2.60. The minimum absolute atomic E-state index is 0.0196. The molecule has 6 heteroatoms. The van der Waals surface area contributed by atoms with Gasteiger partial charge in [-0.25, -0.2) is 4.79 Å². The molecule has 134 valence electrons. The largest absolute Gasteiger partial charge is 0.463 e. The molecule has 1 aromatic rings. The minimum Gasteiger partial charge on any atom is -0.463 e. The Morgan fingerprint density at radius 1 is 1.16 bits per heavy atom. The molecular weight excluding hydrogens is 324 g/mol. The topological polar surface area (TPSA) is 66.5 Å². The van der Waals surface area contributed by atoms with Gasteiger partial charge in [-0.1, -0.05) is 36.9 Å². The van der Waals surface area contributed by atoms with Crippen molar-refractivity contribution in [2.45, 2.75) is 50.2 Å². The van der Waals surface area contributed by atoms with Gasteiger partial charge in [0.25, 0.3) is 0 Å². The summed E-state index contributed by atoms with van der Waals surface area (Å²) in [6, 6.07) is 9.83. The van der Waals surface area contributed by atoms with Crippen LogP contribution in [0.4, 0.5) is 0 Å². The van der Waals surface area contributed by atoms with Gasteiger partial charge in [-0.2, -0.15) is 0 Å². The van der Waals surface area contributed by atoms with Gasteiger partial charge >= 0.3 is 5.97 Å². The van der Waals surface area contributed by atoms with Crippen LogP contribution >= 0.6 is 0 Å². The molecule has 0 aliphatic carbocycles. The second-order valence-electron chi connectivity index (χ2n) is 6.48. The lowest BCUT2D eigenvalue weighted by molar-refractivity contribution is -0.281. The summed E-state index contributed by atoms with van der Waals surface area (Å²) in [5.74, 6) is -0.384. The van der Waals surface area contributed by atoms with Gasteiger partial charge in [0, 0.05) is 17.6 Å². The lowest BCUT2D eigenvalue weighted by Gasteiger charge is -2.40. The van der Waals surface area contributed by atoms with Crippen LogP contribution in [-0.4, -0.2) is 49.7 Å². The zero-order valence-electron chi connectivity index (χ0n) is 14.1. The lowest BCUT2D eigenvalue weighted by atomic mass is 9.96. The van der Waals surface area contributed by atoms with Gasteiger partial charge in [0.2, 0.25) is 0 Å². The van der Waals surface area contributed by atoms with Crippen molar-refractivity contribution in [3.63, 3.8) is 0 Å². The Kier molecular flexibility index (Phi) is 4.60. The van der Waals surface area contributed by atoms with E-state index < -0.39 is 6.29 Å². The molecule has 25 heavy (non-hydrogen) atoms. The number of fused-ring (bicyclic) bond motifs is 3. The van der Waals surface area contributed by atoms with Crippen molar-refractivity contribution in [2.75, 3.05) is 13.2 Å². The summed E-state index contributed by atoms with van der Waals surface area (Å²) in [6.45, 7) is 6.34. The van der Waals surface area contributed by atoms with Crippen LogP contribution in [0.25, 0.3) is 0 Å². The van der Waals surface area contributed by atoms with E-state index in [2.05, 4.69) is 6.58 Å². The van der Waals surface area contributed by atoms with Crippen molar-refractivity contribution < 1.29 is 28.5 Å². The van der Waals surface area contributed by atoms with Gasteiger partial charge in [-0.15, -0.1) is 0 Å². The Hall–Kier alpha value is -1.73. The molecule has 0 saturated carbocycles. The Morgan fingerprint density at radius 2 is 1.96 bits per heavy atom. The fourth-order valence-electron chi connectivity index (χ4n) is 3.46. The zero-order valence-corrected chi connectivity index (χ0v) is 14.1. The lowest BCUT2D eigenvalue weighted by Crippen LogP contribution is -2.52. The fourth-order valence-corrected chi connectivity index (χ4v) is 3.46. The number of benzene rings is 1. The minimum atomic E-state index is -0.401. The molecule has 1 aromatic carbocycles. The highest BCUT2D eigenvalue weighted by atomic mass is 16.7. The van der Waals surface area contributed by atoms with Crippen molar-refractivity contribution in [1.82, 2.24) is 0 Å². The number of epoxide rings is 1. The van der Waals surface area contributed by atoms with Crippen LogP contribution in [0.15, 0.2) is 42.5 Å².